The Hall–Kier alpha value is -1.65. The summed E-state index contributed by atoms with van der Waals surface area (Å²) in [6, 6.07) is 0. The first-order valence-electron chi connectivity index (χ1n) is 4.36. The number of hydrogen-bond donors (Lipinski definition) is 1. The number of carboxylic acid groups (broad SMARTS) is 1. The van der Waals surface area contributed by atoms with Crippen molar-refractivity contribution in [3.8, 4) is 0 Å². The number of aromatic carboxylic acids is 1. The third-order valence-corrected chi connectivity index (χ3v) is 1.79. The number of carbonyl (C=O) groups is 1. The van der Waals surface area contributed by atoms with E-state index >= 15 is 0 Å². The molecule has 1 heterocycles. The molecule has 0 aliphatic heterocycles. The highest BCUT2D eigenvalue weighted by molar-refractivity contribution is 5.86. The maximum Gasteiger partial charge on any atom is 0.358 e. The van der Waals surface area contributed by atoms with Crippen LogP contribution >= 0.6 is 0 Å². The molecular formula is C9H13N3O2. The molecule has 0 radical (unpaired) electrons. The predicted molar refractivity (Wildman–Crippen MR) is 51.2 cm³/mol. The minimum atomic E-state index is -1.03. The van der Waals surface area contributed by atoms with Gasteiger partial charge < -0.3 is 5.11 Å². The molecule has 5 nitrogen and oxygen atoms in total. The Kier molecular flexibility index (Phi) is 3.01. The van der Waals surface area contributed by atoms with Gasteiger partial charge >= 0.3 is 5.97 Å². The highest BCUT2D eigenvalue weighted by Crippen LogP contribution is 2.08. The van der Waals surface area contributed by atoms with E-state index in [1.165, 1.54) is 0 Å². The van der Waals surface area contributed by atoms with E-state index < -0.39 is 5.97 Å². The zero-order valence-corrected chi connectivity index (χ0v) is 8.32. The van der Waals surface area contributed by atoms with Crippen molar-refractivity contribution in [3.05, 3.63) is 23.5 Å². The largest absolute Gasteiger partial charge is 0.476 e. The molecule has 0 saturated carbocycles. The molecule has 0 amide bonds. The molecule has 0 aromatic carbocycles. The zero-order chi connectivity index (χ0) is 10.7. The number of rotatable bonds is 4. The second kappa shape index (κ2) is 4.04. The molecule has 76 valence electrons. The lowest BCUT2D eigenvalue weighted by molar-refractivity contribution is 0.0689. The van der Waals surface area contributed by atoms with Gasteiger partial charge in [-0.2, -0.15) is 0 Å². The summed E-state index contributed by atoms with van der Waals surface area (Å²) in [6.07, 6.45) is 0.599. The average molecular weight is 195 g/mol. The van der Waals surface area contributed by atoms with Crippen LogP contribution in [0.15, 0.2) is 12.2 Å². The van der Waals surface area contributed by atoms with Gasteiger partial charge in [-0.1, -0.05) is 24.3 Å². The Morgan fingerprint density at radius 2 is 2.29 bits per heavy atom. The molecule has 5 heteroatoms. The predicted octanol–water partition coefficient (Wildman–Crippen LogP) is 1.11. The maximum absolute atomic E-state index is 10.7. The summed E-state index contributed by atoms with van der Waals surface area (Å²) in [6.45, 7) is 8.00. The van der Waals surface area contributed by atoms with Crippen molar-refractivity contribution in [2.24, 2.45) is 0 Å². The molecule has 0 aliphatic rings. The van der Waals surface area contributed by atoms with Crippen LogP contribution in [0.1, 0.15) is 30.0 Å². The minimum Gasteiger partial charge on any atom is -0.476 e. The molecule has 14 heavy (non-hydrogen) atoms. The van der Waals surface area contributed by atoms with Crippen molar-refractivity contribution in [2.45, 2.75) is 26.8 Å². The second-order valence-electron chi connectivity index (χ2n) is 3.16. The van der Waals surface area contributed by atoms with Crippen molar-refractivity contribution < 1.29 is 9.90 Å². The van der Waals surface area contributed by atoms with Crippen LogP contribution in [0.5, 0.6) is 0 Å². The topological polar surface area (TPSA) is 68.0 Å². The average Bonchev–Trinajstić information content (AvgIpc) is 2.46. The van der Waals surface area contributed by atoms with Crippen molar-refractivity contribution in [1.29, 1.82) is 0 Å². The van der Waals surface area contributed by atoms with Crippen LogP contribution in [-0.2, 0) is 13.0 Å². The molecule has 0 unspecified atom stereocenters. The molecule has 0 atom stereocenters. The van der Waals surface area contributed by atoms with E-state index in [1.807, 2.05) is 13.8 Å². The molecule has 0 saturated heterocycles. The number of carboxylic acids is 1. The van der Waals surface area contributed by atoms with Gasteiger partial charge in [-0.3, -0.25) is 0 Å². The van der Waals surface area contributed by atoms with Crippen LogP contribution in [-0.4, -0.2) is 26.1 Å². The smallest absolute Gasteiger partial charge is 0.358 e. The Morgan fingerprint density at radius 1 is 1.64 bits per heavy atom. The molecule has 0 fully saturated rings. The van der Waals surface area contributed by atoms with E-state index in [4.69, 9.17) is 5.11 Å². The normalized spacial score (nSPS) is 10.1. The van der Waals surface area contributed by atoms with Gasteiger partial charge in [0.2, 0.25) is 0 Å². The van der Waals surface area contributed by atoms with Crippen LogP contribution in [0.25, 0.3) is 0 Å². The van der Waals surface area contributed by atoms with Crippen LogP contribution in [0.4, 0.5) is 0 Å². The summed E-state index contributed by atoms with van der Waals surface area (Å²) in [5, 5.41) is 16.2. The third kappa shape index (κ3) is 1.99. The molecule has 1 rings (SSSR count). The summed E-state index contributed by atoms with van der Waals surface area (Å²) in [5.74, 6) is -1.03. The van der Waals surface area contributed by atoms with Crippen molar-refractivity contribution >= 4 is 5.97 Å². The maximum atomic E-state index is 10.7. The van der Waals surface area contributed by atoms with Crippen molar-refractivity contribution in [1.82, 2.24) is 15.0 Å². The fourth-order valence-electron chi connectivity index (χ4n) is 1.23. The van der Waals surface area contributed by atoms with Crippen LogP contribution in [0, 0.1) is 0 Å². The van der Waals surface area contributed by atoms with Gasteiger partial charge in [0.15, 0.2) is 5.69 Å². The lowest BCUT2D eigenvalue weighted by atomic mass is 10.2. The van der Waals surface area contributed by atoms with Crippen LogP contribution in [0.2, 0.25) is 0 Å². The van der Waals surface area contributed by atoms with Crippen molar-refractivity contribution in [3.63, 3.8) is 0 Å². The minimum absolute atomic E-state index is 0.0359. The zero-order valence-electron chi connectivity index (χ0n) is 8.32. The van der Waals surface area contributed by atoms with E-state index in [9.17, 15) is 4.79 Å². The summed E-state index contributed by atoms with van der Waals surface area (Å²) < 4.78 is 1.58. The number of allylic oxidation sites excluding steroid dienone is 1. The van der Waals surface area contributed by atoms with E-state index in [0.29, 0.717) is 18.7 Å². The van der Waals surface area contributed by atoms with Gasteiger partial charge in [-0.25, -0.2) is 9.48 Å². The van der Waals surface area contributed by atoms with Crippen LogP contribution in [0.3, 0.4) is 0 Å². The Bertz CT molecular complexity index is 368. The lowest BCUT2D eigenvalue weighted by Gasteiger charge is -2.03. The van der Waals surface area contributed by atoms with Crippen LogP contribution < -0.4 is 0 Å². The molecule has 0 aliphatic carbocycles. The quantitative estimate of drug-likeness (QED) is 0.731. The number of nitrogens with zero attached hydrogens (tertiary/aromatic N) is 3. The number of aromatic nitrogens is 3. The molecule has 1 aromatic rings. The van der Waals surface area contributed by atoms with E-state index in [-0.39, 0.29) is 5.69 Å². The molecule has 0 spiro atoms. The monoisotopic (exact) mass is 195 g/mol. The van der Waals surface area contributed by atoms with Gasteiger partial charge in [-0.15, -0.1) is 5.10 Å². The first kappa shape index (κ1) is 10.4. The van der Waals surface area contributed by atoms with Crippen molar-refractivity contribution in [2.75, 3.05) is 0 Å². The standard InChI is InChI=1S/C9H13N3O2/c1-4-7-8(9(13)14)10-11-12(7)5-6(2)3/h2,4-5H2,1,3H3,(H,13,14). The number of hydrogen-bond acceptors (Lipinski definition) is 3. The molecule has 1 N–H and O–H groups in total. The third-order valence-electron chi connectivity index (χ3n) is 1.79. The molecule has 1 aromatic heterocycles. The van der Waals surface area contributed by atoms with Gasteiger partial charge in [0.1, 0.15) is 0 Å². The Labute approximate surface area is 82.0 Å². The first-order valence-corrected chi connectivity index (χ1v) is 4.36. The van der Waals surface area contributed by atoms with E-state index in [1.54, 1.807) is 4.68 Å². The SMILES string of the molecule is C=C(C)Cn1nnc(C(=O)O)c1CC. The lowest BCUT2D eigenvalue weighted by Crippen LogP contribution is -2.08. The molecule has 0 bridgehead atoms. The first-order chi connectivity index (χ1) is 6.56. The van der Waals surface area contributed by atoms with Gasteiger partial charge in [0, 0.05) is 0 Å². The summed E-state index contributed by atoms with van der Waals surface area (Å²) in [4.78, 5) is 10.7. The van der Waals surface area contributed by atoms with E-state index in [0.717, 1.165) is 5.57 Å². The second-order valence-corrected chi connectivity index (χ2v) is 3.16. The van der Waals surface area contributed by atoms with Gasteiger partial charge in [0.05, 0.1) is 12.2 Å². The highest BCUT2D eigenvalue weighted by atomic mass is 16.4. The fourth-order valence-corrected chi connectivity index (χ4v) is 1.23. The summed E-state index contributed by atoms with van der Waals surface area (Å²) in [7, 11) is 0. The summed E-state index contributed by atoms with van der Waals surface area (Å²) in [5.41, 5.74) is 1.59. The fraction of sp³-hybridized carbons (Fsp3) is 0.444. The Balaban J connectivity index is 3.07. The molecular weight excluding hydrogens is 182 g/mol. The highest BCUT2D eigenvalue weighted by Gasteiger charge is 2.16. The van der Waals surface area contributed by atoms with E-state index in [2.05, 4.69) is 16.9 Å². The van der Waals surface area contributed by atoms with Gasteiger partial charge in [-0.05, 0) is 13.3 Å². The Morgan fingerprint density at radius 3 is 2.71 bits per heavy atom. The summed E-state index contributed by atoms with van der Waals surface area (Å²) >= 11 is 0. The van der Waals surface area contributed by atoms with Gasteiger partial charge in [0.25, 0.3) is 0 Å².